The lowest BCUT2D eigenvalue weighted by atomic mass is 9.78. The smallest absolute Gasteiger partial charge is 0.324 e. The molecule has 6 nitrogen and oxygen atoms in total. The number of carbonyl (C=O) groups is 3. The van der Waals surface area contributed by atoms with Crippen LogP contribution in [0.4, 0.5) is 23.7 Å². The van der Waals surface area contributed by atoms with Crippen LogP contribution >= 0.6 is 11.6 Å². The summed E-state index contributed by atoms with van der Waals surface area (Å²) in [5.74, 6) is -1.49. The average Bonchev–Trinajstić information content (AvgIpc) is 2.92. The topological polar surface area (TPSA) is 78.5 Å². The molecule has 2 N–H and O–H groups in total. The summed E-state index contributed by atoms with van der Waals surface area (Å²) in [6.07, 6.45) is -3.49. The van der Waals surface area contributed by atoms with E-state index < -0.39 is 47.4 Å². The van der Waals surface area contributed by atoms with E-state index in [9.17, 15) is 27.6 Å². The Kier molecular flexibility index (Phi) is 5.17. The van der Waals surface area contributed by atoms with Gasteiger partial charge in [-0.05, 0) is 42.2 Å². The SMILES string of the molecule is O=C(CN1C(=O)N[C@@]2(CCc3ccccc3C2)C1=O)Nc1ccc(Cl)cc1C(F)(F)F. The molecule has 0 unspecified atom stereocenters. The zero-order chi connectivity index (χ0) is 22.4. The molecule has 2 aliphatic rings. The number of benzene rings is 2. The number of amides is 4. The summed E-state index contributed by atoms with van der Waals surface area (Å²) in [5.41, 5.74) is -0.747. The number of alkyl halides is 3. The Hall–Kier alpha value is -3.07. The van der Waals surface area contributed by atoms with Crippen molar-refractivity contribution in [2.45, 2.75) is 31.0 Å². The quantitative estimate of drug-likeness (QED) is 0.697. The van der Waals surface area contributed by atoms with Gasteiger partial charge in [0.25, 0.3) is 5.91 Å². The molecule has 31 heavy (non-hydrogen) atoms. The van der Waals surface area contributed by atoms with Crippen LogP contribution in [0.15, 0.2) is 42.5 Å². The van der Waals surface area contributed by atoms with Crippen molar-refractivity contribution in [2.75, 3.05) is 11.9 Å². The molecule has 1 aliphatic heterocycles. The molecule has 162 valence electrons. The molecule has 1 spiro atoms. The van der Waals surface area contributed by atoms with Crippen LogP contribution in [0.1, 0.15) is 23.1 Å². The van der Waals surface area contributed by atoms with E-state index in [1.165, 1.54) is 6.07 Å². The van der Waals surface area contributed by atoms with E-state index in [1.54, 1.807) is 0 Å². The Bertz CT molecular complexity index is 1090. The molecule has 1 fully saturated rings. The maximum absolute atomic E-state index is 13.2. The average molecular weight is 452 g/mol. The number of aryl methyl sites for hydroxylation is 1. The molecule has 2 aromatic carbocycles. The number of hydrogen-bond acceptors (Lipinski definition) is 3. The normalized spacial score (nSPS) is 20.6. The summed E-state index contributed by atoms with van der Waals surface area (Å²) >= 11 is 5.64. The summed E-state index contributed by atoms with van der Waals surface area (Å²) in [7, 11) is 0. The lowest BCUT2D eigenvalue weighted by Gasteiger charge is -2.32. The molecule has 0 aromatic heterocycles. The third-order valence-electron chi connectivity index (χ3n) is 5.54. The van der Waals surface area contributed by atoms with Crippen LogP contribution in [0, 0.1) is 0 Å². The number of rotatable bonds is 3. The van der Waals surface area contributed by atoms with Crippen molar-refractivity contribution in [2.24, 2.45) is 0 Å². The monoisotopic (exact) mass is 451 g/mol. The van der Waals surface area contributed by atoms with Crippen molar-refractivity contribution in [3.8, 4) is 0 Å². The van der Waals surface area contributed by atoms with Gasteiger partial charge in [0.2, 0.25) is 5.91 Å². The number of nitrogens with one attached hydrogen (secondary N) is 2. The number of fused-ring (bicyclic) bond motifs is 1. The second-order valence-electron chi connectivity index (χ2n) is 7.58. The summed E-state index contributed by atoms with van der Waals surface area (Å²) in [6.45, 7) is -0.700. The molecular formula is C21H17ClF3N3O3. The highest BCUT2D eigenvalue weighted by Gasteiger charge is 2.52. The van der Waals surface area contributed by atoms with Gasteiger partial charge in [0.15, 0.2) is 0 Å². The summed E-state index contributed by atoms with van der Waals surface area (Å²) in [6, 6.07) is 9.75. The van der Waals surface area contributed by atoms with E-state index in [4.69, 9.17) is 11.6 Å². The molecule has 1 saturated heterocycles. The van der Waals surface area contributed by atoms with Crippen molar-refractivity contribution in [3.63, 3.8) is 0 Å². The fourth-order valence-corrected chi connectivity index (χ4v) is 4.21. The van der Waals surface area contributed by atoms with Crippen LogP contribution in [0.5, 0.6) is 0 Å². The van der Waals surface area contributed by atoms with Gasteiger partial charge < -0.3 is 10.6 Å². The predicted molar refractivity (Wildman–Crippen MR) is 107 cm³/mol. The molecule has 1 atom stereocenters. The van der Waals surface area contributed by atoms with Gasteiger partial charge in [-0.2, -0.15) is 13.2 Å². The van der Waals surface area contributed by atoms with Gasteiger partial charge >= 0.3 is 12.2 Å². The minimum absolute atomic E-state index is 0.140. The first-order chi connectivity index (χ1) is 14.6. The minimum Gasteiger partial charge on any atom is -0.324 e. The highest BCUT2D eigenvalue weighted by molar-refractivity contribution is 6.30. The Morgan fingerprint density at radius 3 is 2.58 bits per heavy atom. The lowest BCUT2D eigenvalue weighted by Crippen LogP contribution is -2.51. The first-order valence-electron chi connectivity index (χ1n) is 9.46. The molecule has 1 aliphatic carbocycles. The second kappa shape index (κ2) is 7.56. The fourth-order valence-electron chi connectivity index (χ4n) is 4.04. The van der Waals surface area contributed by atoms with Gasteiger partial charge in [0, 0.05) is 11.4 Å². The lowest BCUT2D eigenvalue weighted by molar-refractivity contribution is -0.137. The number of nitrogens with zero attached hydrogens (tertiary/aromatic N) is 1. The number of anilines is 1. The van der Waals surface area contributed by atoms with Crippen molar-refractivity contribution in [1.82, 2.24) is 10.2 Å². The number of imide groups is 1. The summed E-state index contributed by atoms with van der Waals surface area (Å²) < 4.78 is 39.7. The van der Waals surface area contributed by atoms with E-state index in [2.05, 4.69) is 10.6 Å². The van der Waals surface area contributed by atoms with Crippen molar-refractivity contribution in [1.29, 1.82) is 0 Å². The molecule has 0 saturated carbocycles. The number of halogens is 4. The van der Waals surface area contributed by atoms with Gasteiger partial charge in [-0.1, -0.05) is 35.9 Å². The molecule has 4 amide bonds. The molecule has 0 radical (unpaired) electrons. The molecule has 2 aromatic rings. The van der Waals surface area contributed by atoms with Crippen LogP contribution in [-0.4, -0.2) is 34.8 Å². The molecular weight excluding hydrogens is 435 g/mol. The number of carbonyl (C=O) groups excluding carboxylic acids is 3. The van der Waals surface area contributed by atoms with Gasteiger partial charge in [0.1, 0.15) is 12.1 Å². The standard InChI is InChI=1S/C21H17ClF3N3O3/c22-14-5-6-16(15(9-14)21(23,24)25)26-17(29)11-28-18(30)20(27-19(28)31)8-7-12-3-1-2-4-13(12)10-20/h1-6,9H,7-8,10-11H2,(H,26,29)(H,27,31)/t20-/m1/s1. The zero-order valence-electron chi connectivity index (χ0n) is 16.1. The maximum atomic E-state index is 13.2. The van der Waals surface area contributed by atoms with Gasteiger partial charge in [-0.15, -0.1) is 0 Å². The molecule has 4 rings (SSSR count). The van der Waals surface area contributed by atoms with Crippen LogP contribution < -0.4 is 10.6 Å². The first kappa shape index (κ1) is 21.2. The van der Waals surface area contributed by atoms with E-state index >= 15 is 0 Å². The Labute approximate surface area is 180 Å². The number of hydrogen-bond donors (Lipinski definition) is 2. The van der Waals surface area contributed by atoms with E-state index in [1.807, 2.05) is 24.3 Å². The Morgan fingerprint density at radius 2 is 1.87 bits per heavy atom. The van der Waals surface area contributed by atoms with Crippen LogP contribution in [0.3, 0.4) is 0 Å². The van der Waals surface area contributed by atoms with Crippen LogP contribution in [-0.2, 0) is 28.6 Å². The van der Waals surface area contributed by atoms with Gasteiger partial charge in [0.05, 0.1) is 11.3 Å². The van der Waals surface area contributed by atoms with Crippen LogP contribution in [0.25, 0.3) is 0 Å². The highest BCUT2D eigenvalue weighted by Crippen LogP contribution is 2.37. The van der Waals surface area contributed by atoms with Gasteiger partial charge in [-0.3, -0.25) is 14.5 Å². The molecule has 1 heterocycles. The Balaban J connectivity index is 1.50. The number of urea groups is 1. The molecule has 0 bridgehead atoms. The summed E-state index contributed by atoms with van der Waals surface area (Å²) in [5, 5.41) is 4.67. The third kappa shape index (κ3) is 3.97. The maximum Gasteiger partial charge on any atom is 0.418 e. The van der Waals surface area contributed by atoms with E-state index in [0.717, 1.165) is 22.1 Å². The first-order valence-corrected chi connectivity index (χ1v) is 9.84. The fraction of sp³-hybridized carbons (Fsp3) is 0.286. The van der Waals surface area contributed by atoms with Gasteiger partial charge in [-0.25, -0.2) is 4.79 Å². The summed E-state index contributed by atoms with van der Waals surface area (Å²) in [4.78, 5) is 38.6. The minimum atomic E-state index is -4.74. The van der Waals surface area contributed by atoms with E-state index in [0.29, 0.717) is 25.3 Å². The molecule has 10 heteroatoms. The largest absolute Gasteiger partial charge is 0.418 e. The zero-order valence-corrected chi connectivity index (χ0v) is 16.8. The van der Waals surface area contributed by atoms with Crippen molar-refractivity contribution >= 4 is 35.1 Å². The Morgan fingerprint density at radius 1 is 1.16 bits per heavy atom. The third-order valence-corrected chi connectivity index (χ3v) is 5.78. The van der Waals surface area contributed by atoms with Crippen molar-refractivity contribution in [3.05, 3.63) is 64.2 Å². The second-order valence-corrected chi connectivity index (χ2v) is 8.02. The van der Waals surface area contributed by atoms with Crippen LogP contribution in [0.2, 0.25) is 5.02 Å². The predicted octanol–water partition coefficient (Wildman–Crippen LogP) is 3.78. The van der Waals surface area contributed by atoms with Crippen molar-refractivity contribution < 1.29 is 27.6 Å². The highest BCUT2D eigenvalue weighted by atomic mass is 35.5. The van der Waals surface area contributed by atoms with E-state index in [-0.39, 0.29) is 5.02 Å².